The molecule has 0 aliphatic carbocycles. The van der Waals surface area contributed by atoms with Crippen LogP contribution in [0.2, 0.25) is 0 Å². The molecule has 0 fully saturated rings. The van der Waals surface area contributed by atoms with Gasteiger partial charge >= 0.3 is 0 Å². The van der Waals surface area contributed by atoms with Crippen molar-refractivity contribution in [2.45, 2.75) is 6.42 Å². The standard InChI is InChI=1S/C3H5N2/c4-2-1-3-5/h4H,1-2H2/q-1. The lowest BCUT2D eigenvalue weighted by Crippen LogP contribution is -1.64. The van der Waals surface area contributed by atoms with E-state index >= 15 is 0 Å². The van der Waals surface area contributed by atoms with Crippen LogP contribution >= 0.6 is 0 Å². The van der Waals surface area contributed by atoms with Crippen LogP contribution in [0.5, 0.6) is 0 Å². The van der Waals surface area contributed by atoms with Gasteiger partial charge in [0.1, 0.15) is 0 Å². The lowest BCUT2D eigenvalue weighted by molar-refractivity contribution is 1.16. The van der Waals surface area contributed by atoms with Crippen LogP contribution in [-0.4, -0.2) is 6.54 Å². The third kappa shape index (κ3) is 3.45. The van der Waals surface area contributed by atoms with E-state index in [4.69, 9.17) is 11.0 Å². The van der Waals surface area contributed by atoms with Gasteiger partial charge in [0, 0.05) is 6.42 Å². The molecule has 0 aromatic carbocycles. The van der Waals surface area contributed by atoms with E-state index in [1.54, 1.807) is 0 Å². The van der Waals surface area contributed by atoms with Gasteiger partial charge in [-0.15, -0.1) is 6.54 Å². The second-order valence-electron chi connectivity index (χ2n) is 0.658. The first-order chi connectivity index (χ1) is 2.41. The number of rotatable bonds is 1. The molecule has 0 saturated heterocycles. The lowest BCUT2D eigenvalue weighted by atomic mass is 10.5. The Kier molecular flexibility index (Phi) is 3.07. The molecule has 5 heavy (non-hydrogen) atoms. The van der Waals surface area contributed by atoms with E-state index < -0.39 is 0 Å². The van der Waals surface area contributed by atoms with Crippen molar-refractivity contribution in [1.29, 1.82) is 5.26 Å². The molecule has 1 N–H and O–H groups in total. The van der Waals surface area contributed by atoms with Gasteiger partial charge in [0.15, 0.2) is 0 Å². The van der Waals surface area contributed by atoms with Crippen LogP contribution in [0.1, 0.15) is 6.42 Å². The second kappa shape index (κ2) is 3.45. The van der Waals surface area contributed by atoms with Crippen LogP contribution in [0.4, 0.5) is 0 Å². The number of nitrogens with one attached hydrogen (secondary N) is 1. The van der Waals surface area contributed by atoms with Crippen molar-refractivity contribution in [3.05, 3.63) is 5.73 Å². The van der Waals surface area contributed by atoms with E-state index in [0.29, 0.717) is 6.42 Å². The van der Waals surface area contributed by atoms with Gasteiger partial charge in [0.25, 0.3) is 0 Å². The molecule has 0 aliphatic heterocycles. The molecule has 0 aromatic rings. The van der Waals surface area contributed by atoms with Gasteiger partial charge in [-0.1, -0.05) is 0 Å². The molecule has 2 nitrogen and oxygen atoms in total. The van der Waals surface area contributed by atoms with Crippen LogP contribution in [0.15, 0.2) is 0 Å². The average Bonchev–Trinajstić information content (AvgIpc) is 1.41. The van der Waals surface area contributed by atoms with Gasteiger partial charge < -0.3 is 5.73 Å². The van der Waals surface area contributed by atoms with Crippen LogP contribution in [0.3, 0.4) is 0 Å². The van der Waals surface area contributed by atoms with E-state index in [2.05, 4.69) is 0 Å². The third-order valence-electron chi connectivity index (χ3n) is 0.237. The minimum absolute atomic E-state index is 0.233. The molecular weight excluding hydrogens is 64.0 g/mol. The molecule has 0 spiro atoms. The van der Waals surface area contributed by atoms with Crippen LogP contribution in [-0.2, 0) is 0 Å². The highest BCUT2D eigenvalue weighted by Crippen LogP contribution is 1.68. The first-order valence-corrected chi connectivity index (χ1v) is 1.43. The Labute approximate surface area is 31.2 Å². The molecule has 0 heterocycles. The van der Waals surface area contributed by atoms with Crippen molar-refractivity contribution < 1.29 is 0 Å². The summed E-state index contributed by atoms with van der Waals surface area (Å²) in [4.78, 5) is 0. The molecule has 0 saturated carbocycles. The number of nitriles is 1. The topological polar surface area (TPSA) is 47.6 Å². The summed E-state index contributed by atoms with van der Waals surface area (Å²) >= 11 is 0. The highest BCUT2D eigenvalue weighted by molar-refractivity contribution is 4.72. The Hall–Kier alpha value is -0.550. The maximum Gasteiger partial charge on any atom is 0.0603 e. The fraction of sp³-hybridized carbons (Fsp3) is 0.667. The summed E-state index contributed by atoms with van der Waals surface area (Å²) in [6, 6.07) is 1.83. The first-order valence-electron chi connectivity index (χ1n) is 1.43. The van der Waals surface area contributed by atoms with E-state index in [-0.39, 0.29) is 6.54 Å². The first kappa shape index (κ1) is 4.45. The Morgan fingerprint density at radius 2 is 2.40 bits per heavy atom. The zero-order valence-electron chi connectivity index (χ0n) is 2.86. The summed E-state index contributed by atoms with van der Waals surface area (Å²) < 4.78 is 0. The largest absolute Gasteiger partial charge is 0.677 e. The summed E-state index contributed by atoms with van der Waals surface area (Å²) in [7, 11) is 0. The summed E-state index contributed by atoms with van der Waals surface area (Å²) in [6.45, 7) is 0.233. The average molecular weight is 69.1 g/mol. The van der Waals surface area contributed by atoms with Crippen LogP contribution in [0, 0.1) is 11.3 Å². The minimum atomic E-state index is 0.233. The van der Waals surface area contributed by atoms with Crippen molar-refractivity contribution >= 4 is 0 Å². The van der Waals surface area contributed by atoms with Crippen LogP contribution in [0.25, 0.3) is 5.73 Å². The Bertz CT molecular complexity index is 43.3. The normalized spacial score (nSPS) is 6.40. The maximum atomic E-state index is 7.70. The summed E-state index contributed by atoms with van der Waals surface area (Å²) in [5, 5.41) is 7.70. The monoisotopic (exact) mass is 69.0 g/mol. The van der Waals surface area contributed by atoms with Crippen molar-refractivity contribution in [1.82, 2.24) is 0 Å². The number of hydrogen-bond donors (Lipinski definition) is 0. The van der Waals surface area contributed by atoms with E-state index in [1.165, 1.54) is 0 Å². The molecule has 28 valence electrons. The SMILES string of the molecule is N#CCC[NH-]. The van der Waals surface area contributed by atoms with Gasteiger partial charge in [-0.05, 0) is 0 Å². The third-order valence-corrected chi connectivity index (χ3v) is 0.237. The van der Waals surface area contributed by atoms with Crippen LogP contribution < -0.4 is 0 Å². The van der Waals surface area contributed by atoms with E-state index in [9.17, 15) is 0 Å². The molecule has 0 aromatic heterocycles. The predicted molar refractivity (Wildman–Crippen MR) is 19.4 cm³/mol. The fourth-order valence-corrected chi connectivity index (χ4v) is 0.0559. The molecule has 0 radical (unpaired) electrons. The highest BCUT2D eigenvalue weighted by atomic mass is 14.5. The summed E-state index contributed by atoms with van der Waals surface area (Å²) in [5.74, 6) is 0. The van der Waals surface area contributed by atoms with E-state index in [0.717, 1.165) is 0 Å². The number of hydrogen-bond acceptors (Lipinski definition) is 1. The van der Waals surface area contributed by atoms with E-state index in [1.807, 2.05) is 6.07 Å². The fourth-order valence-electron chi connectivity index (χ4n) is 0.0559. The molecular formula is C3H5N2-. The van der Waals surface area contributed by atoms with Gasteiger partial charge in [0.05, 0.1) is 6.07 Å². The lowest BCUT2D eigenvalue weighted by Gasteiger charge is -1.82. The Morgan fingerprint density at radius 1 is 1.80 bits per heavy atom. The summed E-state index contributed by atoms with van der Waals surface area (Å²) in [6.07, 6.45) is 0.361. The second-order valence-corrected chi connectivity index (χ2v) is 0.658. The molecule has 0 amide bonds. The molecule has 0 aliphatic rings. The van der Waals surface area contributed by atoms with Crippen molar-refractivity contribution in [2.24, 2.45) is 0 Å². The highest BCUT2D eigenvalue weighted by Gasteiger charge is 1.57. The summed E-state index contributed by atoms with van der Waals surface area (Å²) in [5.41, 5.74) is 6.38. The molecule has 0 rings (SSSR count). The smallest absolute Gasteiger partial charge is 0.0603 e. The quantitative estimate of drug-likeness (QED) is 0.452. The van der Waals surface area contributed by atoms with Gasteiger partial charge in [-0.3, -0.25) is 0 Å². The molecule has 0 atom stereocenters. The van der Waals surface area contributed by atoms with Crippen molar-refractivity contribution in [2.75, 3.05) is 6.54 Å². The Morgan fingerprint density at radius 3 is 2.40 bits per heavy atom. The minimum Gasteiger partial charge on any atom is -0.677 e. The van der Waals surface area contributed by atoms with Crippen molar-refractivity contribution in [3.8, 4) is 6.07 Å². The zero-order valence-corrected chi connectivity index (χ0v) is 2.86. The maximum absolute atomic E-state index is 7.70. The zero-order chi connectivity index (χ0) is 4.12. The predicted octanol–water partition coefficient (Wildman–Crippen LogP) is 0.952. The molecule has 0 bridgehead atoms. The molecule has 2 heteroatoms. The Balaban J connectivity index is 2.48. The van der Waals surface area contributed by atoms with Gasteiger partial charge in [-0.25, -0.2) is 0 Å². The number of nitrogens with zero attached hydrogens (tertiary/aromatic N) is 1. The van der Waals surface area contributed by atoms with Gasteiger partial charge in [-0.2, -0.15) is 5.26 Å². The van der Waals surface area contributed by atoms with Crippen molar-refractivity contribution in [3.63, 3.8) is 0 Å². The van der Waals surface area contributed by atoms with Gasteiger partial charge in [0.2, 0.25) is 0 Å². The molecule has 0 unspecified atom stereocenters.